The Bertz CT molecular complexity index is 1140. The molecule has 2 aliphatic rings. The second-order valence-corrected chi connectivity index (χ2v) is 9.68. The molecule has 1 fully saturated rings. The van der Waals surface area contributed by atoms with Gasteiger partial charge in [0.25, 0.3) is 11.8 Å². The van der Waals surface area contributed by atoms with Crippen LogP contribution in [0.4, 0.5) is 24.5 Å². The van der Waals surface area contributed by atoms with Crippen molar-refractivity contribution in [2.75, 3.05) is 43.1 Å². The van der Waals surface area contributed by atoms with Crippen molar-refractivity contribution in [2.45, 2.75) is 45.0 Å². The van der Waals surface area contributed by atoms with E-state index in [1.807, 2.05) is 4.90 Å². The van der Waals surface area contributed by atoms with E-state index in [1.165, 1.54) is 18.2 Å². The first kappa shape index (κ1) is 25.9. The Morgan fingerprint density at radius 2 is 1.92 bits per heavy atom. The van der Waals surface area contributed by atoms with Crippen LogP contribution in [-0.4, -0.2) is 71.4 Å². The number of morpholine rings is 1. The smallest absolute Gasteiger partial charge is 0.390 e. The Morgan fingerprint density at radius 1 is 1.19 bits per heavy atom. The van der Waals surface area contributed by atoms with E-state index in [2.05, 4.69) is 10.3 Å². The van der Waals surface area contributed by atoms with Crippen LogP contribution in [0.1, 0.15) is 52.4 Å². The van der Waals surface area contributed by atoms with E-state index in [9.17, 15) is 27.9 Å². The monoisotopic (exact) mass is 506 g/mol. The van der Waals surface area contributed by atoms with Gasteiger partial charge in [-0.05, 0) is 50.1 Å². The molecule has 0 bridgehead atoms. The third-order valence-corrected chi connectivity index (χ3v) is 6.11. The summed E-state index contributed by atoms with van der Waals surface area (Å²) in [4.78, 5) is 33.6. The number of anilines is 2. The molecule has 0 aliphatic carbocycles. The number of hydrogen-bond donors (Lipinski definition) is 2. The summed E-state index contributed by atoms with van der Waals surface area (Å²) >= 11 is 0. The minimum Gasteiger partial charge on any atom is -0.390 e. The lowest BCUT2D eigenvalue weighted by Crippen LogP contribution is -2.37. The zero-order valence-corrected chi connectivity index (χ0v) is 20.2. The SMILES string of the molecule is CC(C)(O)CCN1Cc2cc(NC(=O)c3cccc(CC(F)(F)F)n3)c(N3CCOCC3)cc2C1=O. The summed E-state index contributed by atoms with van der Waals surface area (Å²) in [5.41, 5.74) is 1.03. The number of aromatic nitrogens is 1. The van der Waals surface area contributed by atoms with Crippen molar-refractivity contribution in [3.05, 3.63) is 52.8 Å². The number of carbonyl (C=O) groups excluding carboxylic acids is 2. The van der Waals surface area contributed by atoms with Gasteiger partial charge >= 0.3 is 6.18 Å². The maximum Gasteiger partial charge on any atom is 0.394 e. The van der Waals surface area contributed by atoms with Gasteiger partial charge in [0.1, 0.15) is 5.69 Å². The number of pyridine rings is 1. The molecular formula is C25H29F3N4O4. The summed E-state index contributed by atoms with van der Waals surface area (Å²) in [5, 5.41) is 12.9. The van der Waals surface area contributed by atoms with Crippen LogP contribution in [0.2, 0.25) is 0 Å². The van der Waals surface area contributed by atoms with Crippen molar-refractivity contribution in [3.8, 4) is 0 Å². The summed E-state index contributed by atoms with van der Waals surface area (Å²) < 4.78 is 43.8. The number of halogens is 3. The van der Waals surface area contributed by atoms with Gasteiger partial charge < -0.3 is 25.0 Å². The third-order valence-electron chi connectivity index (χ3n) is 6.11. The highest BCUT2D eigenvalue weighted by Gasteiger charge is 2.32. The van der Waals surface area contributed by atoms with E-state index in [1.54, 1.807) is 30.9 Å². The third kappa shape index (κ3) is 6.33. The highest BCUT2D eigenvalue weighted by Crippen LogP contribution is 2.35. The van der Waals surface area contributed by atoms with E-state index in [4.69, 9.17) is 4.74 Å². The van der Waals surface area contributed by atoms with Crippen molar-refractivity contribution < 1.29 is 32.6 Å². The fourth-order valence-electron chi connectivity index (χ4n) is 4.26. The minimum absolute atomic E-state index is 0.131. The lowest BCUT2D eigenvalue weighted by atomic mass is 10.1. The van der Waals surface area contributed by atoms with E-state index in [0.29, 0.717) is 62.8 Å². The van der Waals surface area contributed by atoms with Gasteiger partial charge in [-0.1, -0.05) is 6.07 Å². The summed E-state index contributed by atoms with van der Waals surface area (Å²) in [6.07, 6.45) is -5.25. The van der Waals surface area contributed by atoms with Crippen LogP contribution < -0.4 is 10.2 Å². The number of nitrogens with zero attached hydrogens (tertiary/aromatic N) is 3. The van der Waals surface area contributed by atoms with Gasteiger partial charge in [-0.15, -0.1) is 0 Å². The minimum atomic E-state index is -4.44. The standard InChI is InChI=1S/C25H29F3N4O4/c1-24(2,35)6-7-32-15-16-12-20(21(13-18(16)23(32)34)31-8-10-36-11-9-31)30-22(33)19-5-3-4-17(29-19)14-25(26,27)28/h3-5,12-13,35H,6-11,14-15H2,1-2H3,(H,30,33). The number of nitrogens with one attached hydrogen (secondary N) is 1. The molecule has 2 amide bonds. The van der Waals surface area contributed by atoms with Gasteiger partial charge in [0, 0.05) is 31.7 Å². The van der Waals surface area contributed by atoms with E-state index in [-0.39, 0.29) is 17.3 Å². The molecule has 0 saturated carbocycles. The molecule has 2 N–H and O–H groups in total. The maximum absolute atomic E-state index is 13.1. The average molecular weight is 507 g/mol. The fourth-order valence-corrected chi connectivity index (χ4v) is 4.26. The van der Waals surface area contributed by atoms with Gasteiger partial charge in [0.2, 0.25) is 0 Å². The predicted molar refractivity (Wildman–Crippen MR) is 127 cm³/mol. The molecule has 2 aromatic rings. The first-order valence-electron chi connectivity index (χ1n) is 11.7. The number of ether oxygens (including phenoxy) is 1. The van der Waals surface area contributed by atoms with Crippen molar-refractivity contribution in [3.63, 3.8) is 0 Å². The first-order chi connectivity index (χ1) is 16.9. The molecule has 1 aromatic heterocycles. The molecule has 2 aliphatic heterocycles. The van der Waals surface area contributed by atoms with Crippen LogP contribution in [-0.2, 0) is 17.7 Å². The number of aliphatic hydroxyl groups is 1. The molecule has 0 spiro atoms. The number of rotatable bonds is 7. The molecule has 0 unspecified atom stereocenters. The molecule has 4 rings (SSSR count). The van der Waals surface area contributed by atoms with Gasteiger partial charge in [0.05, 0.1) is 42.3 Å². The zero-order chi connectivity index (χ0) is 26.1. The van der Waals surface area contributed by atoms with Crippen molar-refractivity contribution in [1.29, 1.82) is 0 Å². The zero-order valence-electron chi connectivity index (χ0n) is 20.2. The largest absolute Gasteiger partial charge is 0.394 e. The van der Waals surface area contributed by atoms with Crippen LogP contribution in [0.15, 0.2) is 30.3 Å². The second kappa shape index (κ2) is 10.1. The average Bonchev–Trinajstić information content (AvgIpc) is 3.11. The quantitative estimate of drug-likeness (QED) is 0.598. The highest BCUT2D eigenvalue weighted by atomic mass is 19.4. The Balaban J connectivity index is 1.61. The summed E-state index contributed by atoms with van der Waals surface area (Å²) in [6, 6.07) is 7.44. The Labute approximate surface area is 207 Å². The van der Waals surface area contributed by atoms with Crippen molar-refractivity contribution in [2.24, 2.45) is 0 Å². The molecule has 1 saturated heterocycles. The lowest BCUT2D eigenvalue weighted by Gasteiger charge is -2.31. The molecule has 194 valence electrons. The summed E-state index contributed by atoms with van der Waals surface area (Å²) in [7, 11) is 0. The normalized spacial score (nSPS) is 16.3. The number of benzene rings is 1. The lowest BCUT2D eigenvalue weighted by molar-refractivity contribution is -0.127. The molecule has 0 atom stereocenters. The van der Waals surface area contributed by atoms with E-state index >= 15 is 0 Å². The van der Waals surface area contributed by atoms with E-state index in [0.717, 1.165) is 5.56 Å². The molecule has 36 heavy (non-hydrogen) atoms. The van der Waals surface area contributed by atoms with Gasteiger partial charge in [-0.3, -0.25) is 9.59 Å². The summed E-state index contributed by atoms with van der Waals surface area (Å²) in [6.45, 7) is 6.14. The molecular weight excluding hydrogens is 477 g/mol. The molecule has 3 heterocycles. The van der Waals surface area contributed by atoms with Crippen molar-refractivity contribution >= 4 is 23.2 Å². The maximum atomic E-state index is 13.1. The Kier molecular flexibility index (Phi) is 7.24. The fraction of sp³-hybridized carbons (Fsp3) is 0.480. The van der Waals surface area contributed by atoms with Gasteiger partial charge in [0.15, 0.2) is 0 Å². The molecule has 1 aromatic carbocycles. The predicted octanol–water partition coefficient (Wildman–Crippen LogP) is 3.39. The number of fused-ring (bicyclic) bond motifs is 1. The Hall–Kier alpha value is -3.18. The highest BCUT2D eigenvalue weighted by molar-refractivity contribution is 6.07. The Morgan fingerprint density at radius 3 is 2.58 bits per heavy atom. The van der Waals surface area contributed by atoms with Crippen LogP contribution in [0.25, 0.3) is 0 Å². The molecule has 8 nitrogen and oxygen atoms in total. The van der Waals surface area contributed by atoms with Crippen LogP contribution in [0.3, 0.4) is 0 Å². The molecule has 11 heteroatoms. The number of hydrogen-bond acceptors (Lipinski definition) is 6. The molecule has 0 radical (unpaired) electrons. The van der Waals surface area contributed by atoms with Crippen LogP contribution in [0.5, 0.6) is 0 Å². The number of alkyl halides is 3. The van der Waals surface area contributed by atoms with Crippen LogP contribution in [0, 0.1) is 0 Å². The summed E-state index contributed by atoms with van der Waals surface area (Å²) in [5.74, 6) is -0.792. The van der Waals surface area contributed by atoms with Gasteiger partial charge in [-0.25, -0.2) is 4.98 Å². The number of carbonyl (C=O) groups is 2. The first-order valence-corrected chi connectivity index (χ1v) is 11.7. The number of amides is 2. The van der Waals surface area contributed by atoms with Crippen LogP contribution >= 0.6 is 0 Å². The van der Waals surface area contributed by atoms with Crippen molar-refractivity contribution in [1.82, 2.24) is 9.88 Å². The van der Waals surface area contributed by atoms with Gasteiger partial charge in [-0.2, -0.15) is 13.2 Å². The second-order valence-electron chi connectivity index (χ2n) is 9.68. The van der Waals surface area contributed by atoms with E-state index < -0.39 is 24.1 Å². The topological polar surface area (TPSA) is 95.0 Å².